The molecule has 1 N–H and O–H groups in total. The molecule has 168 valence electrons. The summed E-state index contributed by atoms with van der Waals surface area (Å²) in [6.07, 6.45) is 4.17. The van der Waals surface area contributed by atoms with E-state index < -0.39 is 0 Å². The maximum Gasteiger partial charge on any atom is 0.274 e. The minimum absolute atomic E-state index is 0.0316. The van der Waals surface area contributed by atoms with Gasteiger partial charge in [-0.15, -0.1) is 0 Å². The van der Waals surface area contributed by atoms with Crippen molar-refractivity contribution in [1.29, 1.82) is 0 Å². The van der Waals surface area contributed by atoms with Crippen LogP contribution < -0.4 is 15.6 Å². The van der Waals surface area contributed by atoms with E-state index in [9.17, 15) is 14.4 Å². The van der Waals surface area contributed by atoms with Gasteiger partial charge in [0.2, 0.25) is 0 Å². The minimum atomic E-state index is -0.388. The van der Waals surface area contributed by atoms with Crippen molar-refractivity contribution < 1.29 is 14.3 Å². The molecule has 0 aliphatic carbocycles. The number of amides is 2. The Kier molecular flexibility index (Phi) is 5.64. The van der Waals surface area contributed by atoms with E-state index in [4.69, 9.17) is 4.74 Å². The fourth-order valence-corrected chi connectivity index (χ4v) is 4.73. The minimum Gasteiger partial charge on any atom is -0.484 e. The molecule has 33 heavy (non-hydrogen) atoms. The Hall–Kier alpha value is -3.94. The van der Waals surface area contributed by atoms with Crippen LogP contribution in [0.15, 0.2) is 71.8 Å². The van der Waals surface area contributed by atoms with Gasteiger partial charge in [-0.3, -0.25) is 19.4 Å². The molecule has 0 saturated carbocycles. The third-order valence-electron chi connectivity index (χ3n) is 6.19. The van der Waals surface area contributed by atoms with Gasteiger partial charge in [-0.05, 0) is 48.7 Å². The number of likely N-dealkylation sites (tertiary alicyclic amines) is 1. The molecule has 5 rings (SSSR count). The van der Waals surface area contributed by atoms with Crippen LogP contribution in [-0.4, -0.2) is 46.0 Å². The first-order chi connectivity index (χ1) is 16.1. The summed E-state index contributed by atoms with van der Waals surface area (Å²) in [5.41, 5.74) is 1.50. The molecule has 1 saturated heterocycles. The summed E-state index contributed by atoms with van der Waals surface area (Å²) in [7, 11) is 0. The SMILES string of the molecule is O=C(COc1ccccc1)Nc1ccc2n(c1=O)CC1CC2CN(C(=O)c2cccnc2)C1. The highest BCUT2D eigenvalue weighted by atomic mass is 16.5. The number of carbonyl (C=O) groups excluding carboxylic acids is 2. The molecule has 2 aliphatic heterocycles. The van der Waals surface area contributed by atoms with Crippen LogP contribution in [0.25, 0.3) is 0 Å². The Morgan fingerprint density at radius 1 is 1.03 bits per heavy atom. The van der Waals surface area contributed by atoms with Crippen molar-refractivity contribution in [2.75, 3.05) is 25.0 Å². The standard InChI is InChI=1S/C25H24N4O4/c30-23(16-33-20-6-2-1-3-7-20)27-21-8-9-22-19-11-17(14-29(22)25(21)32)13-28(15-19)24(31)18-5-4-10-26-12-18/h1-10,12,17,19H,11,13-16H2,(H,27,30). The van der Waals surface area contributed by atoms with Gasteiger partial charge in [-0.1, -0.05) is 18.2 Å². The van der Waals surface area contributed by atoms with Crippen LogP contribution in [0.3, 0.4) is 0 Å². The van der Waals surface area contributed by atoms with Crippen LogP contribution in [0.1, 0.15) is 28.4 Å². The van der Waals surface area contributed by atoms with E-state index in [0.29, 0.717) is 30.9 Å². The Morgan fingerprint density at radius 2 is 1.88 bits per heavy atom. The van der Waals surface area contributed by atoms with E-state index in [0.717, 1.165) is 12.1 Å². The highest BCUT2D eigenvalue weighted by molar-refractivity contribution is 5.94. The van der Waals surface area contributed by atoms with Gasteiger partial charge in [0.25, 0.3) is 17.4 Å². The smallest absolute Gasteiger partial charge is 0.274 e. The first-order valence-corrected chi connectivity index (χ1v) is 11.0. The van der Waals surface area contributed by atoms with Gasteiger partial charge in [0.1, 0.15) is 11.4 Å². The highest BCUT2D eigenvalue weighted by Crippen LogP contribution is 2.36. The monoisotopic (exact) mass is 444 g/mol. The number of carbonyl (C=O) groups is 2. The van der Waals surface area contributed by atoms with Crippen LogP contribution in [0.2, 0.25) is 0 Å². The second-order valence-corrected chi connectivity index (χ2v) is 8.49. The van der Waals surface area contributed by atoms with Gasteiger partial charge in [0, 0.05) is 43.6 Å². The Balaban J connectivity index is 1.29. The van der Waals surface area contributed by atoms with Crippen molar-refractivity contribution in [1.82, 2.24) is 14.5 Å². The summed E-state index contributed by atoms with van der Waals surface area (Å²) in [5, 5.41) is 2.68. The van der Waals surface area contributed by atoms with Crippen LogP contribution in [0.5, 0.6) is 5.75 Å². The molecule has 2 atom stereocenters. The zero-order valence-electron chi connectivity index (χ0n) is 18.0. The second-order valence-electron chi connectivity index (χ2n) is 8.49. The van der Waals surface area contributed by atoms with Crippen molar-refractivity contribution >= 4 is 17.5 Å². The number of benzene rings is 1. The number of nitrogens with one attached hydrogen (secondary N) is 1. The number of fused-ring (bicyclic) bond motifs is 4. The maximum absolute atomic E-state index is 13.1. The number of para-hydroxylation sites is 1. The molecule has 3 aromatic rings. The predicted molar refractivity (Wildman–Crippen MR) is 122 cm³/mol. The normalized spacial score (nSPS) is 18.8. The molecule has 2 aliphatic rings. The molecule has 8 nitrogen and oxygen atoms in total. The number of pyridine rings is 2. The highest BCUT2D eigenvalue weighted by Gasteiger charge is 2.37. The summed E-state index contributed by atoms with van der Waals surface area (Å²) < 4.78 is 7.21. The van der Waals surface area contributed by atoms with E-state index in [1.54, 1.807) is 47.3 Å². The van der Waals surface area contributed by atoms with Gasteiger partial charge in [0.05, 0.1) is 5.56 Å². The van der Waals surface area contributed by atoms with Crippen LogP contribution in [-0.2, 0) is 11.3 Å². The molecule has 1 fully saturated rings. The molecule has 4 heterocycles. The maximum atomic E-state index is 13.1. The Morgan fingerprint density at radius 3 is 2.67 bits per heavy atom. The molecule has 2 unspecified atom stereocenters. The molecule has 8 heteroatoms. The number of piperidine rings is 1. The largest absolute Gasteiger partial charge is 0.484 e. The fraction of sp³-hybridized carbons (Fsp3) is 0.280. The number of nitrogens with zero attached hydrogens (tertiary/aromatic N) is 3. The number of aromatic nitrogens is 2. The molecule has 2 bridgehead atoms. The summed E-state index contributed by atoms with van der Waals surface area (Å²) >= 11 is 0. The van der Waals surface area contributed by atoms with Crippen molar-refractivity contribution in [2.45, 2.75) is 18.9 Å². The van der Waals surface area contributed by atoms with E-state index in [1.807, 2.05) is 29.2 Å². The van der Waals surface area contributed by atoms with E-state index in [-0.39, 0.29) is 41.5 Å². The Bertz CT molecular complexity index is 1230. The van der Waals surface area contributed by atoms with Crippen molar-refractivity contribution in [3.05, 3.63) is 88.6 Å². The first-order valence-electron chi connectivity index (χ1n) is 11.0. The second kappa shape index (κ2) is 8.90. The molecular weight excluding hydrogens is 420 g/mol. The average molecular weight is 444 g/mol. The third-order valence-corrected chi connectivity index (χ3v) is 6.19. The number of ether oxygens (including phenoxy) is 1. The fourth-order valence-electron chi connectivity index (χ4n) is 4.73. The summed E-state index contributed by atoms with van der Waals surface area (Å²) in [4.78, 5) is 44.2. The molecule has 2 aromatic heterocycles. The summed E-state index contributed by atoms with van der Waals surface area (Å²) in [5.74, 6) is 0.434. The van der Waals surface area contributed by atoms with Crippen LogP contribution in [0.4, 0.5) is 5.69 Å². The van der Waals surface area contributed by atoms with Gasteiger partial charge >= 0.3 is 0 Å². The topological polar surface area (TPSA) is 93.5 Å². The van der Waals surface area contributed by atoms with Gasteiger partial charge in [0.15, 0.2) is 6.61 Å². The van der Waals surface area contributed by atoms with Gasteiger partial charge in [-0.2, -0.15) is 0 Å². The lowest BCUT2D eigenvalue weighted by molar-refractivity contribution is -0.118. The van der Waals surface area contributed by atoms with Gasteiger partial charge in [-0.25, -0.2) is 0 Å². The zero-order valence-corrected chi connectivity index (χ0v) is 18.0. The third kappa shape index (κ3) is 4.37. The Labute approximate surface area is 190 Å². The van der Waals surface area contributed by atoms with Crippen molar-refractivity contribution in [2.24, 2.45) is 5.92 Å². The lowest BCUT2D eigenvalue weighted by Gasteiger charge is -2.42. The van der Waals surface area contributed by atoms with Crippen molar-refractivity contribution in [3.8, 4) is 5.75 Å². The molecule has 0 radical (unpaired) electrons. The predicted octanol–water partition coefficient (Wildman–Crippen LogP) is 2.52. The number of hydrogen-bond donors (Lipinski definition) is 1. The molecule has 0 spiro atoms. The number of hydrogen-bond acceptors (Lipinski definition) is 5. The lowest BCUT2D eigenvalue weighted by atomic mass is 9.83. The molecular formula is C25H24N4O4. The van der Waals surface area contributed by atoms with E-state index in [1.165, 1.54) is 0 Å². The lowest BCUT2D eigenvalue weighted by Crippen LogP contribution is -2.49. The number of rotatable bonds is 5. The molecule has 2 amide bonds. The van der Waals surface area contributed by atoms with Gasteiger partial charge < -0.3 is 19.5 Å². The quantitative estimate of drug-likeness (QED) is 0.653. The average Bonchev–Trinajstić information content (AvgIpc) is 2.85. The van der Waals surface area contributed by atoms with E-state index in [2.05, 4.69) is 10.3 Å². The summed E-state index contributed by atoms with van der Waals surface area (Å²) in [6, 6.07) is 16.1. The molecule has 1 aromatic carbocycles. The van der Waals surface area contributed by atoms with Crippen LogP contribution >= 0.6 is 0 Å². The van der Waals surface area contributed by atoms with Crippen LogP contribution in [0, 0.1) is 5.92 Å². The summed E-state index contributed by atoms with van der Waals surface area (Å²) in [6.45, 7) is 1.49. The first kappa shape index (κ1) is 20.9. The number of anilines is 1. The van der Waals surface area contributed by atoms with E-state index >= 15 is 0 Å². The van der Waals surface area contributed by atoms with Crippen molar-refractivity contribution in [3.63, 3.8) is 0 Å². The zero-order chi connectivity index (χ0) is 22.8.